The van der Waals surface area contributed by atoms with Gasteiger partial charge in [-0.1, -0.05) is 12.1 Å². The van der Waals surface area contributed by atoms with Gasteiger partial charge in [0.25, 0.3) is 0 Å². The molecule has 128 valence electrons. The lowest BCUT2D eigenvalue weighted by atomic mass is 10.1. The molecule has 0 aromatic heterocycles. The van der Waals surface area contributed by atoms with E-state index in [0.717, 1.165) is 38.2 Å². The van der Waals surface area contributed by atoms with Crippen molar-refractivity contribution in [2.24, 2.45) is 0 Å². The third kappa shape index (κ3) is 4.67. The molecule has 1 atom stereocenters. The first-order valence-electron chi connectivity index (χ1n) is 8.44. The minimum atomic E-state index is -0.214. The van der Waals surface area contributed by atoms with Crippen LogP contribution >= 0.6 is 0 Å². The minimum Gasteiger partial charge on any atom is -0.331 e. The van der Waals surface area contributed by atoms with E-state index in [2.05, 4.69) is 24.1 Å². The lowest BCUT2D eigenvalue weighted by molar-refractivity contribution is 0.191. The number of carbonyl (C=O) groups is 1. The Morgan fingerprint density at radius 3 is 2.57 bits per heavy atom. The van der Waals surface area contributed by atoms with Gasteiger partial charge < -0.3 is 10.2 Å². The average molecular weight is 321 g/mol. The third-order valence-corrected chi connectivity index (χ3v) is 4.57. The number of urea groups is 1. The van der Waals surface area contributed by atoms with E-state index in [4.69, 9.17) is 0 Å². The molecule has 23 heavy (non-hydrogen) atoms. The Hall–Kier alpha value is -1.62. The molecular formula is C18H28FN3O. The molecule has 4 nitrogen and oxygen atoms in total. The van der Waals surface area contributed by atoms with E-state index in [0.29, 0.717) is 11.6 Å². The molecular weight excluding hydrogens is 293 g/mol. The predicted molar refractivity (Wildman–Crippen MR) is 91.0 cm³/mol. The Morgan fingerprint density at radius 1 is 1.17 bits per heavy atom. The smallest absolute Gasteiger partial charge is 0.317 e. The highest BCUT2D eigenvalue weighted by atomic mass is 19.1. The predicted octanol–water partition coefficient (Wildman–Crippen LogP) is 3.32. The van der Waals surface area contributed by atoms with E-state index in [1.807, 2.05) is 11.8 Å². The summed E-state index contributed by atoms with van der Waals surface area (Å²) in [6, 6.07) is 5.33. The SMILES string of the molecule is Cc1cc([C@@H](C)NC(=O)N2CCCN(C(C)C)CC2)ccc1F. The second-order valence-corrected chi connectivity index (χ2v) is 6.65. The average Bonchev–Trinajstić information content (AvgIpc) is 2.76. The van der Waals surface area contributed by atoms with Crippen molar-refractivity contribution >= 4 is 6.03 Å². The van der Waals surface area contributed by atoms with E-state index >= 15 is 0 Å². The Balaban J connectivity index is 1.94. The number of hydrogen-bond donors (Lipinski definition) is 1. The van der Waals surface area contributed by atoms with Crippen molar-refractivity contribution in [3.05, 3.63) is 35.1 Å². The number of amides is 2. The van der Waals surface area contributed by atoms with Gasteiger partial charge in [-0.05, 0) is 51.3 Å². The third-order valence-electron chi connectivity index (χ3n) is 4.57. The first-order chi connectivity index (χ1) is 10.9. The van der Waals surface area contributed by atoms with Gasteiger partial charge in [-0.2, -0.15) is 0 Å². The lowest BCUT2D eigenvalue weighted by Gasteiger charge is -2.26. The van der Waals surface area contributed by atoms with Crippen molar-refractivity contribution in [3.8, 4) is 0 Å². The quantitative estimate of drug-likeness (QED) is 0.927. The summed E-state index contributed by atoms with van der Waals surface area (Å²) in [6.07, 6.45) is 0.996. The molecule has 5 heteroatoms. The Bertz CT molecular complexity index is 547. The van der Waals surface area contributed by atoms with E-state index in [1.54, 1.807) is 19.1 Å². The van der Waals surface area contributed by atoms with Gasteiger partial charge in [0.05, 0.1) is 6.04 Å². The van der Waals surface area contributed by atoms with Crippen molar-refractivity contribution in [1.82, 2.24) is 15.1 Å². The number of aryl methyl sites for hydroxylation is 1. The fraction of sp³-hybridized carbons (Fsp3) is 0.611. The van der Waals surface area contributed by atoms with E-state index in [-0.39, 0.29) is 17.9 Å². The molecule has 0 radical (unpaired) electrons. The van der Waals surface area contributed by atoms with Crippen molar-refractivity contribution in [2.45, 2.75) is 46.2 Å². The first-order valence-corrected chi connectivity index (χ1v) is 8.44. The van der Waals surface area contributed by atoms with Crippen LogP contribution in [0, 0.1) is 12.7 Å². The summed E-state index contributed by atoms with van der Waals surface area (Å²) in [6.45, 7) is 11.5. The molecule has 1 saturated heterocycles. The molecule has 1 aromatic carbocycles. The van der Waals surface area contributed by atoms with Crippen LogP contribution in [0.25, 0.3) is 0 Å². The largest absolute Gasteiger partial charge is 0.331 e. The van der Waals surface area contributed by atoms with Crippen LogP contribution in [0.2, 0.25) is 0 Å². The normalized spacial score (nSPS) is 17.9. The van der Waals surface area contributed by atoms with Crippen molar-refractivity contribution in [3.63, 3.8) is 0 Å². The molecule has 0 unspecified atom stereocenters. The summed E-state index contributed by atoms with van der Waals surface area (Å²) in [4.78, 5) is 16.8. The van der Waals surface area contributed by atoms with Gasteiger partial charge >= 0.3 is 6.03 Å². The van der Waals surface area contributed by atoms with Gasteiger partial charge in [0, 0.05) is 32.2 Å². The molecule has 0 bridgehead atoms. The molecule has 0 spiro atoms. The van der Waals surface area contributed by atoms with Gasteiger partial charge in [0.2, 0.25) is 0 Å². The number of hydrogen-bond acceptors (Lipinski definition) is 2. The van der Waals surface area contributed by atoms with Crippen LogP contribution in [0.1, 0.15) is 44.4 Å². The summed E-state index contributed by atoms with van der Waals surface area (Å²) in [5.74, 6) is -0.214. The molecule has 1 N–H and O–H groups in total. The maximum absolute atomic E-state index is 13.4. The second-order valence-electron chi connectivity index (χ2n) is 6.65. The molecule has 1 aliphatic rings. The van der Waals surface area contributed by atoms with Crippen LogP contribution < -0.4 is 5.32 Å². The number of rotatable bonds is 3. The Labute approximate surface area is 138 Å². The van der Waals surface area contributed by atoms with Gasteiger partial charge in [-0.3, -0.25) is 4.90 Å². The minimum absolute atomic E-state index is 0.0370. The van der Waals surface area contributed by atoms with Crippen molar-refractivity contribution in [2.75, 3.05) is 26.2 Å². The summed E-state index contributed by atoms with van der Waals surface area (Å²) in [5.41, 5.74) is 1.53. The van der Waals surface area contributed by atoms with E-state index < -0.39 is 0 Å². The van der Waals surface area contributed by atoms with E-state index in [1.165, 1.54) is 6.07 Å². The fourth-order valence-electron chi connectivity index (χ4n) is 2.95. The van der Waals surface area contributed by atoms with Crippen LogP contribution in [-0.4, -0.2) is 48.1 Å². The van der Waals surface area contributed by atoms with Crippen LogP contribution in [0.4, 0.5) is 9.18 Å². The first kappa shape index (κ1) is 17.7. The van der Waals surface area contributed by atoms with Crippen LogP contribution in [-0.2, 0) is 0 Å². The maximum Gasteiger partial charge on any atom is 0.317 e. The molecule has 1 aromatic rings. The highest BCUT2D eigenvalue weighted by Gasteiger charge is 2.21. The highest BCUT2D eigenvalue weighted by molar-refractivity contribution is 5.74. The summed E-state index contributed by atoms with van der Waals surface area (Å²) >= 11 is 0. The molecule has 0 aliphatic carbocycles. The molecule has 1 aliphatic heterocycles. The van der Waals surface area contributed by atoms with Gasteiger partial charge in [0.1, 0.15) is 5.82 Å². The topological polar surface area (TPSA) is 35.6 Å². The number of benzene rings is 1. The van der Waals surface area contributed by atoms with Crippen LogP contribution in [0.15, 0.2) is 18.2 Å². The van der Waals surface area contributed by atoms with Gasteiger partial charge in [-0.25, -0.2) is 9.18 Å². The number of halogens is 1. The standard InChI is InChI=1S/C18H28FN3O/c1-13(2)21-8-5-9-22(11-10-21)18(23)20-15(4)16-6-7-17(19)14(3)12-16/h6-7,12-13,15H,5,8-11H2,1-4H3,(H,20,23)/t15-/m1/s1. The lowest BCUT2D eigenvalue weighted by Crippen LogP contribution is -2.43. The zero-order valence-corrected chi connectivity index (χ0v) is 14.6. The molecule has 0 saturated carbocycles. The Morgan fingerprint density at radius 2 is 1.91 bits per heavy atom. The molecule has 2 rings (SSSR count). The molecule has 2 amide bonds. The zero-order valence-electron chi connectivity index (χ0n) is 14.6. The van der Waals surface area contributed by atoms with Crippen LogP contribution in [0.3, 0.4) is 0 Å². The van der Waals surface area contributed by atoms with E-state index in [9.17, 15) is 9.18 Å². The van der Waals surface area contributed by atoms with Gasteiger partial charge in [0.15, 0.2) is 0 Å². The second kappa shape index (κ2) is 7.77. The number of nitrogens with one attached hydrogen (secondary N) is 1. The summed E-state index contributed by atoms with van der Waals surface area (Å²) in [7, 11) is 0. The summed E-state index contributed by atoms with van der Waals surface area (Å²) in [5, 5.41) is 3.03. The molecule has 1 fully saturated rings. The van der Waals surface area contributed by atoms with Crippen molar-refractivity contribution < 1.29 is 9.18 Å². The number of carbonyl (C=O) groups excluding carboxylic acids is 1. The van der Waals surface area contributed by atoms with Crippen LogP contribution in [0.5, 0.6) is 0 Å². The monoisotopic (exact) mass is 321 g/mol. The maximum atomic E-state index is 13.4. The number of nitrogens with zero attached hydrogens (tertiary/aromatic N) is 2. The molecule has 1 heterocycles. The van der Waals surface area contributed by atoms with Gasteiger partial charge in [-0.15, -0.1) is 0 Å². The highest BCUT2D eigenvalue weighted by Crippen LogP contribution is 2.17. The summed E-state index contributed by atoms with van der Waals surface area (Å²) < 4.78 is 13.4. The zero-order chi connectivity index (χ0) is 17.0. The Kier molecular flexibility index (Phi) is 5.99. The van der Waals surface area contributed by atoms with Crippen molar-refractivity contribution in [1.29, 1.82) is 0 Å². The fourth-order valence-corrected chi connectivity index (χ4v) is 2.95.